The quantitative estimate of drug-likeness (QED) is 0.689. The van der Waals surface area contributed by atoms with Gasteiger partial charge < -0.3 is 5.73 Å². The summed E-state index contributed by atoms with van der Waals surface area (Å²) < 4.78 is 13.4. The average Bonchev–Trinajstić information content (AvgIpc) is 2.41. The lowest BCUT2D eigenvalue weighted by atomic mass is 9.73. The molecule has 16 heavy (non-hydrogen) atoms. The van der Waals surface area contributed by atoms with Gasteiger partial charge in [-0.1, -0.05) is 0 Å². The van der Waals surface area contributed by atoms with Crippen molar-refractivity contribution in [1.29, 1.82) is 0 Å². The van der Waals surface area contributed by atoms with E-state index in [1.807, 2.05) is 0 Å². The molecule has 1 aliphatic carbocycles. The molecule has 0 amide bonds. The molecule has 1 heterocycles. The van der Waals surface area contributed by atoms with E-state index in [2.05, 4.69) is 25.7 Å². The third-order valence-corrected chi connectivity index (χ3v) is 4.63. The molecule has 2 atom stereocenters. The number of nitrogens with zero attached hydrogens (tertiary/aromatic N) is 1. The second-order valence-electron chi connectivity index (χ2n) is 6.66. The van der Waals surface area contributed by atoms with Crippen LogP contribution in [0.3, 0.4) is 0 Å². The maximum atomic E-state index is 13.4. The van der Waals surface area contributed by atoms with Gasteiger partial charge in [0, 0.05) is 11.6 Å². The third-order valence-electron chi connectivity index (χ3n) is 4.63. The van der Waals surface area contributed by atoms with Crippen molar-refractivity contribution >= 4 is 0 Å². The highest BCUT2D eigenvalue weighted by Crippen LogP contribution is 2.47. The summed E-state index contributed by atoms with van der Waals surface area (Å²) in [5, 5.41) is 0. The summed E-state index contributed by atoms with van der Waals surface area (Å²) in [5.41, 5.74) is 6.48. The smallest absolute Gasteiger partial charge is 0.102 e. The van der Waals surface area contributed by atoms with Crippen molar-refractivity contribution in [3.8, 4) is 0 Å². The van der Waals surface area contributed by atoms with Crippen molar-refractivity contribution in [3.63, 3.8) is 0 Å². The van der Waals surface area contributed by atoms with Gasteiger partial charge in [0.2, 0.25) is 0 Å². The summed E-state index contributed by atoms with van der Waals surface area (Å²) in [7, 11) is 0. The van der Waals surface area contributed by atoms with Gasteiger partial charge in [-0.3, -0.25) is 4.90 Å². The molecule has 0 aromatic rings. The van der Waals surface area contributed by atoms with Crippen LogP contribution in [0.5, 0.6) is 0 Å². The molecule has 2 N–H and O–H groups in total. The molecule has 3 heteroatoms. The molecule has 0 bridgehead atoms. The summed E-state index contributed by atoms with van der Waals surface area (Å²) in [6.45, 7) is 8.89. The Balaban J connectivity index is 1.99. The summed E-state index contributed by atoms with van der Waals surface area (Å²) in [6.07, 6.45) is 2.77. The zero-order valence-corrected chi connectivity index (χ0v) is 10.8. The molecule has 1 saturated heterocycles. The van der Waals surface area contributed by atoms with E-state index >= 15 is 0 Å². The Bertz CT molecular complexity index is 251. The second-order valence-corrected chi connectivity index (χ2v) is 6.66. The van der Waals surface area contributed by atoms with Gasteiger partial charge in [0.15, 0.2) is 0 Å². The predicted octanol–water partition coefficient (Wildman–Crippen LogP) is 2.33. The minimum absolute atomic E-state index is 0.0876. The Morgan fingerprint density at radius 3 is 2.19 bits per heavy atom. The maximum absolute atomic E-state index is 13.4. The lowest BCUT2D eigenvalue weighted by molar-refractivity contribution is 0.0354. The Morgan fingerprint density at radius 2 is 1.81 bits per heavy atom. The Kier molecular flexibility index (Phi) is 3.04. The van der Waals surface area contributed by atoms with E-state index < -0.39 is 6.17 Å². The molecule has 2 fully saturated rings. The summed E-state index contributed by atoms with van der Waals surface area (Å²) >= 11 is 0. The molecular weight excluding hydrogens is 203 g/mol. The van der Waals surface area contributed by atoms with E-state index in [0.717, 1.165) is 25.9 Å². The van der Waals surface area contributed by atoms with E-state index in [1.165, 1.54) is 0 Å². The van der Waals surface area contributed by atoms with Gasteiger partial charge in [0.1, 0.15) is 6.17 Å². The van der Waals surface area contributed by atoms with Crippen LogP contribution in [0.15, 0.2) is 0 Å². The van der Waals surface area contributed by atoms with Gasteiger partial charge in [-0.15, -0.1) is 0 Å². The molecule has 1 aliphatic heterocycles. The van der Waals surface area contributed by atoms with Crippen LogP contribution in [0.25, 0.3) is 0 Å². The number of hydrogen-bond donors (Lipinski definition) is 1. The highest BCUT2D eigenvalue weighted by atomic mass is 19.1. The normalized spacial score (nSPS) is 35.8. The van der Waals surface area contributed by atoms with Gasteiger partial charge in [0.05, 0.1) is 0 Å². The molecule has 0 radical (unpaired) electrons. The fraction of sp³-hybridized carbons (Fsp3) is 1.00. The second kappa shape index (κ2) is 3.95. The molecule has 2 aliphatic rings. The van der Waals surface area contributed by atoms with E-state index in [1.54, 1.807) is 0 Å². The van der Waals surface area contributed by atoms with Crippen LogP contribution in [-0.2, 0) is 0 Å². The largest absolute Gasteiger partial charge is 0.327 e. The minimum atomic E-state index is -0.656. The zero-order valence-electron chi connectivity index (χ0n) is 10.8. The van der Waals surface area contributed by atoms with Gasteiger partial charge in [-0.25, -0.2) is 4.39 Å². The van der Waals surface area contributed by atoms with Crippen molar-refractivity contribution in [3.05, 3.63) is 0 Å². The van der Waals surface area contributed by atoms with Crippen LogP contribution >= 0.6 is 0 Å². The van der Waals surface area contributed by atoms with Gasteiger partial charge >= 0.3 is 0 Å². The number of piperidine rings is 1. The maximum Gasteiger partial charge on any atom is 0.102 e. The topological polar surface area (TPSA) is 29.3 Å². The van der Waals surface area contributed by atoms with E-state index in [-0.39, 0.29) is 17.0 Å². The van der Waals surface area contributed by atoms with Crippen LogP contribution in [0.1, 0.15) is 46.5 Å². The number of nitrogens with two attached hydrogens (primary N) is 1. The molecule has 0 aromatic carbocycles. The number of halogens is 1. The van der Waals surface area contributed by atoms with Crippen LogP contribution in [-0.4, -0.2) is 35.7 Å². The minimum Gasteiger partial charge on any atom is -0.327 e. The molecule has 1 unspecified atom stereocenters. The van der Waals surface area contributed by atoms with Crippen LogP contribution < -0.4 is 5.73 Å². The fourth-order valence-corrected chi connectivity index (χ4v) is 3.40. The van der Waals surface area contributed by atoms with Gasteiger partial charge in [0.25, 0.3) is 0 Å². The highest BCUT2D eigenvalue weighted by Gasteiger charge is 2.48. The molecule has 94 valence electrons. The molecule has 0 aromatic heterocycles. The lowest BCUT2D eigenvalue weighted by Crippen LogP contribution is -2.52. The van der Waals surface area contributed by atoms with Gasteiger partial charge in [-0.05, 0) is 65.0 Å². The first-order valence-electron chi connectivity index (χ1n) is 6.48. The fourth-order valence-electron chi connectivity index (χ4n) is 3.40. The van der Waals surface area contributed by atoms with Crippen molar-refractivity contribution in [2.75, 3.05) is 13.1 Å². The summed E-state index contributed by atoms with van der Waals surface area (Å²) in [6, 6.07) is 0.0876. The first kappa shape index (κ1) is 12.3. The van der Waals surface area contributed by atoms with Crippen molar-refractivity contribution < 1.29 is 4.39 Å². The third kappa shape index (κ3) is 2.12. The number of alkyl halides is 1. The summed E-state index contributed by atoms with van der Waals surface area (Å²) in [5.74, 6) is 0. The Hall–Kier alpha value is -0.150. The molecule has 2 rings (SSSR count). The Labute approximate surface area is 98.4 Å². The van der Waals surface area contributed by atoms with Gasteiger partial charge in [-0.2, -0.15) is 0 Å². The standard InChI is InChI=1S/C13H25FN2/c1-12(2,3)16-6-4-13(5-7-16)9-10(14)8-11(13)15/h10-11H,4-9,15H2,1-3H3/t10?,11-/m1/s1. The van der Waals surface area contributed by atoms with Crippen molar-refractivity contribution in [2.45, 2.75) is 64.2 Å². The number of likely N-dealkylation sites (tertiary alicyclic amines) is 1. The van der Waals surface area contributed by atoms with Crippen LogP contribution in [0.2, 0.25) is 0 Å². The first-order valence-corrected chi connectivity index (χ1v) is 6.48. The predicted molar refractivity (Wildman–Crippen MR) is 65.1 cm³/mol. The molecule has 1 saturated carbocycles. The van der Waals surface area contributed by atoms with Crippen molar-refractivity contribution in [2.24, 2.45) is 11.1 Å². The number of rotatable bonds is 0. The molecule has 2 nitrogen and oxygen atoms in total. The highest BCUT2D eigenvalue weighted by molar-refractivity contribution is 5.02. The first-order chi connectivity index (χ1) is 7.33. The average molecular weight is 228 g/mol. The Morgan fingerprint density at radius 1 is 1.25 bits per heavy atom. The van der Waals surface area contributed by atoms with Crippen molar-refractivity contribution in [1.82, 2.24) is 4.90 Å². The SMILES string of the molecule is CC(C)(C)N1CCC2(CC1)CC(F)C[C@H]2N. The number of hydrogen-bond acceptors (Lipinski definition) is 2. The lowest BCUT2D eigenvalue weighted by Gasteiger charge is -2.46. The van der Waals surface area contributed by atoms with E-state index in [9.17, 15) is 4.39 Å². The molecular formula is C13H25FN2. The summed E-state index contributed by atoms with van der Waals surface area (Å²) in [4.78, 5) is 2.50. The van der Waals surface area contributed by atoms with Crippen LogP contribution in [0, 0.1) is 5.41 Å². The van der Waals surface area contributed by atoms with Crippen LogP contribution in [0.4, 0.5) is 4.39 Å². The zero-order chi connectivity index (χ0) is 12.0. The molecule has 1 spiro atoms. The van der Waals surface area contributed by atoms with E-state index in [4.69, 9.17) is 5.73 Å². The monoisotopic (exact) mass is 228 g/mol. The van der Waals surface area contributed by atoms with E-state index in [0.29, 0.717) is 12.8 Å².